The summed E-state index contributed by atoms with van der Waals surface area (Å²) in [6, 6.07) is 29.4. The van der Waals surface area contributed by atoms with Gasteiger partial charge < -0.3 is 20.4 Å². The summed E-state index contributed by atoms with van der Waals surface area (Å²) in [5.41, 5.74) is 0.757. The summed E-state index contributed by atoms with van der Waals surface area (Å²) in [4.78, 5) is 28.8. The number of rotatable bonds is 9. The van der Waals surface area contributed by atoms with Crippen LogP contribution in [0.25, 0.3) is 0 Å². The van der Waals surface area contributed by atoms with Crippen molar-refractivity contribution in [2.75, 3.05) is 19.6 Å². The zero-order chi connectivity index (χ0) is 31.5. The Balaban J connectivity index is 1.40. The molecule has 0 aliphatic carbocycles. The molecule has 0 bridgehead atoms. The molecule has 0 radical (unpaired) electrons. The number of hydrogen-bond donors (Lipinski definition) is 3. The van der Waals surface area contributed by atoms with Gasteiger partial charge in [-0.1, -0.05) is 72.8 Å². The first-order valence-electron chi connectivity index (χ1n) is 15.7. The first-order valence-corrected chi connectivity index (χ1v) is 15.7. The highest BCUT2D eigenvalue weighted by molar-refractivity contribution is 5.84. The lowest BCUT2D eigenvalue weighted by Crippen LogP contribution is -2.68. The molecule has 0 spiro atoms. The molecule has 2 saturated heterocycles. The minimum Gasteiger partial charge on any atom is -0.481 e. The zero-order valence-corrected chi connectivity index (χ0v) is 25.9. The number of nitrogens with zero attached hydrogens (tertiary/aromatic N) is 2. The molecule has 2 heterocycles. The minimum absolute atomic E-state index is 0.0700. The zero-order valence-electron chi connectivity index (χ0n) is 25.9. The predicted molar refractivity (Wildman–Crippen MR) is 170 cm³/mol. The third-order valence-electron chi connectivity index (χ3n) is 10.9. The van der Waals surface area contributed by atoms with Crippen LogP contribution in [0.5, 0.6) is 0 Å². The number of carboxylic acid groups (broad SMARTS) is 2. The smallest absolute Gasteiger partial charge is 0.311 e. The van der Waals surface area contributed by atoms with Crippen LogP contribution in [-0.4, -0.2) is 58.8 Å². The Morgan fingerprint density at radius 2 is 1.48 bits per heavy atom. The van der Waals surface area contributed by atoms with Crippen LogP contribution in [0, 0.1) is 22.2 Å². The molecular formula is C37H43N3O4. The van der Waals surface area contributed by atoms with E-state index in [0.717, 1.165) is 32.5 Å². The molecule has 2 aliphatic heterocycles. The van der Waals surface area contributed by atoms with Gasteiger partial charge in [-0.3, -0.25) is 9.59 Å². The van der Waals surface area contributed by atoms with Crippen molar-refractivity contribution in [3.63, 3.8) is 0 Å². The van der Waals surface area contributed by atoms with E-state index in [1.54, 1.807) is 31.2 Å². The number of benzene rings is 3. The van der Waals surface area contributed by atoms with Gasteiger partial charge in [0, 0.05) is 23.4 Å². The summed E-state index contributed by atoms with van der Waals surface area (Å²) >= 11 is 0. The number of likely N-dealkylation sites (tertiary alicyclic amines) is 1. The summed E-state index contributed by atoms with van der Waals surface area (Å²) in [5, 5.41) is 34.5. The van der Waals surface area contributed by atoms with Gasteiger partial charge in [-0.2, -0.15) is 5.26 Å². The van der Waals surface area contributed by atoms with Crippen LogP contribution in [0.1, 0.15) is 74.6 Å². The SMILES string of the molecule is CC1NC(C)C(CCCN2CCC(c3ccccc3)(c3ccccc3)CC2)(C(=O)O)C(c2cccc(C#N)c2)C1(C)C(=O)O. The number of nitriles is 1. The number of hydrogen-bond acceptors (Lipinski definition) is 5. The molecule has 5 atom stereocenters. The fourth-order valence-corrected chi connectivity index (χ4v) is 8.26. The Morgan fingerprint density at radius 1 is 0.886 bits per heavy atom. The molecule has 3 aromatic rings. The summed E-state index contributed by atoms with van der Waals surface area (Å²) in [6.07, 6.45) is 2.84. The maximum atomic E-state index is 13.4. The largest absolute Gasteiger partial charge is 0.481 e. The third-order valence-corrected chi connectivity index (χ3v) is 10.9. The molecule has 5 rings (SSSR count). The monoisotopic (exact) mass is 593 g/mol. The Kier molecular flexibility index (Phi) is 8.97. The Morgan fingerprint density at radius 3 is 2.00 bits per heavy atom. The van der Waals surface area contributed by atoms with Crippen molar-refractivity contribution in [2.45, 2.75) is 69.9 Å². The number of nitrogens with one attached hydrogen (secondary N) is 1. The first kappa shape index (κ1) is 31.4. The molecule has 0 saturated carbocycles. The lowest BCUT2D eigenvalue weighted by molar-refractivity contribution is -0.171. The van der Waals surface area contributed by atoms with Crippen molar-refractivity contribution in [1.29, 1.82) is 5.26 Å². The van der Waals surface area contributed by atoms with Crippen LogP contribution in [0.2, 0.25) is 0 Å². The van der Waals surface area contributed by atoms with Gasteiger partial charge in [-0.05, 0) is 94.9 Å². The number of piperidine rings is 2. The Bertz CT molecular complexity index is 1470. The topological polar surface area (TPSA) is 114 Å². The van der Waals surface area contributed by atoms with Crippen LogP contribution < -0.4 is 5.32 Å². The van der Waals surface area contributed by atoms with Crippen molar-refractivity contribution in [3.05, 3.63) is 107 Å². The summed E-state index contributed by atoms with van der Waals surface area (Å²) in [5.74, 6) is -2.89. The number of carbonyl (C=O) groups is 2. The van der Waals surface area contributed by atoms with Gasteiger partial charge in [0.2, 0.25) is 0 Å². The quantitative estimate of drug-likeness (QED) is 0.277. The number of carboxylic acids is 2. The van der Waals surface area contributed by atoms with E-state index in [0.29, 0.717) is 24.0 Å². The van der Waals surface area contributed by atoms with Crippen molar-refractivity contribution in [1.82, 2.24) is 10.2 Å². The maximum absolute atomic E-state index is 13.4. The summed E-state index contributed by atoms with van der Waals surface area (Å²) in [6.45, 7) is 7.83. The van der Waals surface area contributed by atoms with Crippen molar-refractivity contribution in [2.24, 2.45) is 10.8 Å². The average molecular weight is 594 g/mol. The van der Waals surface area contributed by atoms with E-state index in [1.807, 2.05) is 13.8 Å². The lowest BCUT2D eigenvalue weighted by atomic mass is 9.51. The van der Waals surface area contributed by atoms with Gasteiger partial charge in [-0.25, -0.2) is 0 Å². The van der Waals surface area contributed by atoms with Crippen LogP contribution in [-0.2, 0) is 15.0 Å². The van der Waals surface area contributed by atoms with Crippen LogP contribution >= 0.6 is 0 Å². The van der Waals surface area contributed by atoms with E-state index < -0.39 is 40.8 Å². The molecule has 230 valence electrons. The van der Waals surface area contributed by atoms with E-state index in [-0.39, 0.29) is 5.41 Å². The van der Waals surface area contributed by atoms with E-state index in [4.69, 9.17) is 0 Å². The van der Waals surface area contributed by atoms with E-state index >= 15 is 0 Å². The van der Waals surface area contributed by atoms with Crippen LogP contribution in [0.4, 0.5) is 0 Å². The average Bonchev–Trinajstić information content (AvgIpc) is 3.04. The Labute approximate surface area is 260 Å². The summed E-state index contributed by atoms with van der Waals surface area (Å²) < 4.78 is 0. The fourth-order valence-electron chi connectivity index (χ4n) is 8.26. The second-order valence-electron chi connectivity index (χ2n) is 13.0. The van der Waals surface area contributed by atoms with Crippen molar-refractivity contribution in [3.8, 4) is 6.07 Å². The van der Waals surface area contributed by atoms with Gasteiger partial charge in [0.15, 0.2) is 0 Å². The van der Waals surface area contributed by atoms with Crippen molar-refractivity contribution >= 4 is 11.9 Å². The second-order valence-corrected chi connectivity index (χ2v) is 13.0. The third kappa shape index (κ3) is 5.31. The van der Waals surface area contributed by atoms with Gasteiger partial charge in [0.25, 0.3) is 0 Å². The first-order chi connectivity index (χ1) is 21.1. The van der Waals surface area contributed by atoms with E-state index in [9.17, 15) is 25.1 Å². The van der Waals surface area contributed by atoms with Gasteiger partial charge >= 0.3 is 11.9 Å². The van der Waals surface area contributed by atoms with Gasteiger partial charge in [0.1, 0.15) is 0 Å². The van der Waals surface area contributed by atoms with E-state index in [2.05, 4.69) is 76.9 Å². The molecular weight excluding hydrogens is 550 g/mol. The molecule has 0 amide bonds. The molecule has 3 aromatic carbocycles. The molecule has 2 fully saturated rings. The normalized spacial score (nSPS) is 28.5. The van der Waals surface area contributed by atoms with E-state index in [1.165, 1.54) is 11.1 Å². The molecule has 7 nitrogen and oxygen atoms in total. The molecule has 7 heteroatoms. The molecule has 2 aliphatic rings. The fraction of sp³-hybridized carbons (Fsp3) is 0.432. The minimum atomic E-state index is -1.41. The molecule has 0 aromatic heterocycles. The van der Waals surface area contributed by atoms with Crippen LogP contribution in [0.3, 0.4) is 0 Å². The standard InChI is InChI=1S/C37H43N3O4/c1-26-35(3,33(41)42)32(29-13-10-12-28(24-29)25-38)37(34(43)44,27(2)39-26)18-11-21-40-22-19-36(20-23-40,30-14-6-4-7-15-30)31-16-8-5-9-17-31/h4-10,12-17,24,26-27,32,39H,11,18-23H2,1-3H3,(H,41,42)(H,43,44). The highest BCUT2D eigenvalue weighted by Crippen LogP contribution is 2.57. The lowest BCUT2D eigenvalue weighted by Gasteiger charge is -2.56. The Hall–Kier alpha value is -3.99. The highest BCUT2D eigenvalue weighted by atomic mass is 16.4. The molecule has 44 heavy (non-hydrogen) atoms. The van der Waals surface area contributed by atoms with Crippen LogP contribution in [0.15, 0.2) is 84.9 Å². The summed E-state index contributed by atoms with van der Waals surface area (Å²) in [7, 11) is 0. The molecule has 5 unspecified atom stereocenters. The highest BCUT2D eigenvalue weighted by Gasteiger charge is 2.64. The molecule has 3 N–H and O–H groups in total. The van der Waals surface area contributed by atoms with Crippen molar-refractivity contribution < 1.29 is 19.8 Å². The predicted octanol–water partition coefficient (Wildman–Crippen LogP) is 6.05. The second kappa shape index (κ2) is 12.6. The number of aliphatic carboxylic acids is 2. The maximum Gasteiger partial charge on any atom is 0.311 e. The van der Waals surface area contributed by atoms with Gasteiger partial charge in [-0.15, -0.1) is 0 Å². The van der Waals surface area contributed by atoms with Gasteiger partial charge in [0.05, 0.1) is 22.5 Å².